The Kier molecular flexibility index (Phi) is 4.77. The van der Waals surface area contributed by atoms with Crippen LogP contribution in [0.4, 0.5) is 0 Å². The van der Waals surface area contributed by atoms with Crippen LogP contribution in [0.25, 0.3) is 0 Å². The van der Waals surface area contributed by atoms with Crippen LogP contribution in [0.3, 0.4) is 0 Å². The Morgan fingerprint density at radius 3 is 2.50 bits per heavy atom. The minimum atomic E-state index is -0.0207. The molecule has 1 aliphatic heterocycles. The summed E-state index contributed by atoms with van der Waals surface area (Å²) in [7, 11) is 0. The molecule has 1 atom stereocenters. The Hall–Kier alpha value is -1.06. The van der Waals surface area contributed by atoms with Gasteiger partial charge in [-0.15, -0.1) is 0 Å². The van der Waals surface area contributed by atoms with E-state index < -0.39 is 0 Å². The molecule has 1 fully saturated rings. The van der Waals surface area contributed by atoms with E-state index in [0.717, 1.165) is 12.8 Å². The van der Waals surface area contributed by atoms with Crippen LogP contribution in [-0.4, -0.2) is 35.8 Å². The average molecular weight is 226 g/mol. The molecule has 0 spiro atoms. The minimum absolute atomic E-state index is 0.0207. The van der Waals surface area contributed by atoms with E-state index >= 15 is 0 Å². The predicted molar refractivity (Wildman–Crippen MR) is 62.9 cm³/mol. The molecular formula is C12H22N2O2. The van der Waals surface area contributed by atoms with Gasteiger partial charge in [0.1, 0.15) is 0 Å². The SMILES string of the molecule is CCC(CC)C(C)N1CCC(=O)NCC1=O. The van der Waals surface area contributed by atoms with Gasteiger partial charge in [-0.05, 0) is 12.8 Å². The van der Waals surface area contributed by atoms with Gasteiger partial charge in [-0.2, -0.15) is 0 Å². The van der Waals surface area contributed by atoms with Crippen molar-refractivity contribution < 1.29 is 9.59 Å². The van der Waals surface area contributed by atoms with Gasteiger partial charge in [0.05, 0.1) is 6.54 Å². The van der Waals surface area contributed by atoms with Crippen LogP contribution in [0.1, 0.15) is 40.0 Å². The van der Waals surface area contributed by atoms with Crippen LogP contribution in [-0.2, 0) is 9.59 Å². The standard InChI is InChI=1S/C12H22N2O2/c1-4-10(5-2)9(3)14-7-6-11(15)13-8-12(14)16/h9-10H,4-8H2,1-3H3,(H,13,15). The molecule has 1 unspecified atom stereocenters. The number of hydrogen-bond acceptors (Lipinski definition) is 2. The monoisotopic (exact) mass is 226 g/mol. The molecule has 1 N–H and O–H groups in total. The second-order valence-corrected chi connectivity index (χ2v) is 4.43. The van der Waals surface area contributed by atoms with Crippen molar-refractivity contribution in [2.75, 3.05) is 13.1 Å². The number of carbonyl (C=O) groups is 2. The Balaban J connectivity index is 2.69. The number of amides is 2. The lowest BCUT2D eigenvalue weighted by Gasteiger charge is -2.33. The maximum Gasteiger partial charge on any atom is 0.242 e. The van der Waals surface area contributed by atoms with Crippen molar-refractivity contribution in [1.29, 1.82) is 0 Å². The summed E-state index contributed by atoms with van der Waals surface area (Å²) in [5.41, 5.74) is 0. The van der Waals surface area contributed by atoms with E-state index in [-0.39, 0.29) is 24.4 Å². The molecule has 0 bridgehead atoms. The van der Waals surface area contributed by atoms with E-state index in [1.54, 1.807) is 0 Å². The van der Waals surface area contributed by atoms with Gasteiger partial charge in [0, 0.05) is 19.0 Å². The zero-order chi connectivity index (χ0) is 12.1. The number of rotatable bonds is 4. The largest absolute Gasteiger partial charge is 0.347 e. The Morgan fingerprint density at radius 1 is 1.31 bits per heavy atom. The number of nitrogens with one attached hydrogen (secondary N) is 1. The first kappa shape index (κ1) is 13.0. The van der Waals surface area contributed by atoms with Crippen molar-refractivity contribution in [1.82, 2.24) is 10.2 Å². The third kappa shape index (κ3) is 2.97. The van der Waals surface area contributed by atoms with Crippen LogP contribution < -0.4 is 5.32 Å². The van der Waals surface area contributed by atoms with Gasteiger partial charge in [-0.25, -0.2) is 0 Å². The lowest BCUT2D eigenvalue weighted by Crippen LogP contribution is -2.44. The van der Waals surface area contributed by atoms with Crippen LogP contribution in [0.15, 0.2) is 0 Å². The molecule has 16 heavy (non-hydrogen) atoms. The first-order valence-corrected chi connectivity index (χ1v) is 6.16. The van der Waals surface area contributed by atoms with E-state index in [0.29, 0.717) is 18.9 Å². The summed E-state index contributed by atoms with van der Waals surface area (Å²) in [5, 5.41) is 2.62. The van der Waals surface area contributed by atoms with E-state index in [1.807, 2.05) is 4.90 Å². The van der Waals surface area contributed by atoms with Gasteiger partial charge in [-0.3, -0.25) is 9.59 Å². The fourth-order valence-electron chi connectivity index (χ4n) is 2.37. The highest BCUT2D eigenvalue weighted by molar-refractivity contribution is 5.87. The third-order valence-electron chi connectivity index (χ3n) is 3.56. The van der Waals surface area contributed by atoms with Gasteiger partial charge in [0.25, 0.3) is 0 Å². The number of hydrogen-bond donors (Lipinski definition) is 1. The predicted octanol–water partition coefficient (Wildman–Crippen LogP) is 1.16. The molecule has 1 aliphatic rings. The molecule has 0 aromatic heterocycles. The minimum Gasteiger partial charge on any atom is -0.347 e. The van der Waals surface area contributed by atoms with Crippen molar-refractivity contribution in [3.05, 3.63) is 0 Å². The van der Waals surface area contributed by atoms with Crippen molar-refractivity contribution in [3.8, 4) is 0 Å². The molecule has 1 rings (SSSR count). The molecule has 0 radical (unpaired) electrons. The average Bonchev–Trinajstić information content (AvgIpc) is 2.43. The van der Waals surface area contributed by atoms with E-state index in [4.69, 9.17) is 0 Å². The van der Waals surface area contributed by atoms with Crippen LogP contribution in [0, 0.1) is 5.92 Å². The lowest BCUT2D eigenvalue weighted by atomic mass is 9.94. The second kappa shape index (κ2) is 5.87. The molecule has 2 amide bonds. The summed E-state index contributed by atoms with van der Waals surface area (Å²) in [6.45, 7) is 7.10. The van der Waals surface area contributed by atoms with Crippen molar-refractivity contribution >= 4 is 11.8 Å². The summed E-state index contributed by atoms with van der Waals surface area (Å²) in [6.07, 6.45) is 2.57. The molecule has 0 aromatic carbocycles. The van der Waals surface area contributed by atoms with E-state index in [9.17, 15) is 9.59 Å². The maximum absolute atomic E-state index is 11.8. The van der Waals surface area contributed by atoms with Gasteiger partial charge in [0.15, 0.2) is 0 Å². The zero-order valence-electron chi connectivity index (χ0n) is 10.5. The van der Waals surface area contributed by atoms with Crippen molar-refractivity contribution in [2.24, 2.45) is 5.92 Å². The molecular weight excluding hydrogens is 204 g/mol. The fourth-order valence-corrected chi connectivity index (χ4v) is 2.37. The van der Waals surface area contributed by atoms with Crippen LogP contribution in [0.5, 0.6) is 0 Å². The molecule has 1 saturated heterocycles. The Morgan fingerprint density at radius 2 is 1.94 bits per heavy atom. The van der Waals surface area contributed by atoms with Crippen LogP contribution >= 0.6 is 0 Å². The molecule has 4 nitrogen and oxygen atoms in total. The highest BCUT2D eigenvalue weighted by atomic mass is 16.2. The fraction of sp³-hybridized carbons (Fsp3) is 0.833. The van der Waals surface area contributed by atoms with E-state index in [1.165, 1.54) is 0 Å². The summed E-state index contributed by atoms with van der Waals surface area (Å²) in [6, 6.07) is 0.232. The lowest BCUT2D eigenvalue weighted by molar-refractivity contribution is -0.132. The topological polar surface area (TPSA) is 49.4 Å². The van der Waals surface area contributed by atoms with Gasteiger partial charge < -0.3 is 10.2 Å². The van der Waals surface area contributed by atoms with Gasteiger partial charge >= 0.3 is 0 Å². The maximum atomic E-state index is 11.8. The van der Waals surface area contributed by atoms with Gasteiger partial charge in [0.2, 0.25) is 11.8 Å². The molecule has 4 heteroatoms. The molecule has 0 aromatic rings. The Bertz CT molecular complexity index is 262. The molecule has 1 heterocycles. The second-order valence-electron chi connectivity index (χ2n) is 4.43. The summed E-state index contributed by atoms with van der Waals surface area (Å²) < 4.78 is 0. The first-order valence-electron chi connectivity index (χ1n) is 6.16. The van der Waals surface area contributed by atoms with Crippen molar-refractivity contribution in [2.45, 2.75) is 46.1 Å². The molecule has 92 valence electrons. The summed E-state index contributed by atoms with van der Waals surface area (Å²) in [5.74, 6) is 0.551. The number of carbonyl (C=O) groups excluding carboxylic acids is 2. The smallest absolute Gasteiger partial charge is 0.242 e. The molecule has 0 aliphatic carbocycles. The molecule has 0 saturated carbocycles. The number of nitrogens with zero attached hydrogens (tertiary/aromatic N) is 1. The van der Waals surface area contributed by atoms with Crippen LogP contribution in [0.2, 0.25) is 0 Å². The van der Waals surface area contributed by atoms with Gasteiger partial charge in [-0.1, -0.05) is 26.7 Å². The zero-order valence-corrected chi connectivity index (χ0v) is 10.5. The van der Waals surface area contributed by atoms with E-state index in [2.05, 4.69) is 26.1 Å². The summed E-state index contributed by atoms with van der Waals surface area (Å²) in [4.78, 5) is 24.9. The quantitative estimate of drug-likeness (QED) is 0.782. The van der Waals surface area contributed by atoms with Crippen molar-refractivity contribution in [3.63, 3.8) is 0 Å². The third-order valence-corrected chi connectivity index (χ3v) is 3.56. The first-order chi connectivity index (χ1) is 7.60. The summed E-state index contributed by atoms with van der Waals surface area (Å²) >= 11 is 0. The normalized spacial score (nSPS) is 19.6. The highest BCUT2D eigenvalue weighted by Gasteiger charge is 2.27. The highest BCUT2D eigenvalue weighted by Crippen LogP contribution is 2.19. The Labute approximate surface area is 97.4 Å².